The van der Waals surface area contributed by atoms with E-state index in [0.717, 1.165) is 43.0 Å². The molecule has 2 atom stereocenters. The smallest absolute Gasteiger partial charge is 0.220 e. The minimum atomic E-state index is -0.203. The van der Waals surface area contributed by atoms with Gasteiger partial charge in [-0.15, -0.1) is 0 Å². The van der Waals surface area contributed by atoms with Crippen molar-refractivity contribution < 1.29 is 14.3 Å². The molecule has 1 N–H and O–H groups in total. The maximum atomic E-state index is 11.7. The number of carbonyl (C=O) groups excluding carboxylic acids is 2. The van der Waals surface area contributed by atoms with E-state index in [9.17, 15) is 14.9 Å². The van der Waals surface area contributed by atoms with Gasteiger partial charge in [0, 0.05) is 69.4 Å². The molecule has 1 aromatic carbocycles. The number of hydrogen-bond acceptors (Lipinski definition) is 6. The largest absolute Gasteiger partial charge is 0.488 e. The molecule has 0 saturated carbocycles. The number of benzene rings is 1. The molecule has 2 aliphatic heterocycles. The van der Waals surface area contributed by atoms with Gasteiger partial charge in [-0.3, -0.25) is 9.59 Å². The summed E-state index contributed by atoms with van der Waals surface area (Å²) in [7, 11) is 0. The SMILES string of the molecule is CC(=O)N1CCN(c2ccc(-c3cc(O[C@H](C)[C@H]4CNC(=O)C4)c4c(C#N)cnn4c3)cc2)CC1. The third-order valence-electron chi connectivity index (χ3n) is 6.97. The first-order valence-corrected chi connectivity index (χ1v) is 11.9. The topological polar surface area (TPSA) is 103 Å². The second-order valence-electron chi connectivity index (χ2n) is 9.19. The van der Waals surface area contributed by atoms with Gasteiger partial charge in [0.2, 0.25) is 11.8 Å². The van der Waals surface area contributed by atoms with E-state index < -0.39 is 0 Å². The highest BCUT2D eigenvalue weighted by Crippen LogP contribution is 2.33. The molecule has 2 aliphatic rings. The van der Waals surface area contributed by atoms with Crippen molar-refractivity contribution in [3.63, 3.8) is 0 Å². The minimum Gasteiger partial charge on any atom is -0.488 e. The Hall–Kier alpha value is -4.06. The second-order valence-corrected chi connectivity index (χ2v) is 9.19. The molecule has 3 aromatic rings. The van der Waals surface area contributed by atoms with Crippen LogP contribution in [0.2, 0.25) is 0 Å². The Bertz CT molecular complexity index is 1300. The highest BCUT2D eigenvalue weighted by atomic mass is 16.5. The van der Waals surface area contributed by atoms with Gasteiger partial charge in [-0.25, -0.2) is 4.52 Å². The summed E-state index contributed by atoms with van der Waals surface area (Å²) in [5, 5.41) is 16.8. The zero-order valence-corrected chi connectivity index (χ0v) is 19.9. The molecule has 2 aromatic heterocycles. The lowest BCUT2D eigenvalue weighted by Crippen LogP contribution is -2.48. The van der Waals surface area contributed by atoms with Crippen LogP contribution in [0.15, 0.2) is 42.7 Å². The third-order valence-corrected chi connectivity index (χ3v) is 6.97. The number of carbonyl (C=O) groups is 2. The summed E-state index contributed by atoms with van der Waals surface area (Å²) in [5.74, 6) is 0.807. The Morgan fingerprint density at radius 1 is 1.20 bits per heavy atom. The lowest BCUT2D eigenvalue weighted by Gasteiger charge is -2.35. The monoisotopic (exact) mass is 472 g/mol. The van der Waals surface area contributed by atoms with E-state index in [1.807, 2.05) is 24.1 Å². The molecule has 0 unspecified atom stereocenters. The first-order valence-electron chi connectivity index (χ1n) is 11.9. The van der Waals surface area contributed by atoms with Crippen LogP contribution in [0.5, 0.6) is 5.75 Å². The predicted octanol–water partition coefficient (Wildman–Crippen LogP) is 2.44. The van der Waals surface area contributed by atoms with Gasteiger partial charge in [0.05, 0.1) is 6.20 Å². The molecule has 4 heterocycles. The Kier molecular flexibility index (Phi) is 6.03. The van der Waals surface area contributed by atoms with Gasteiger partial charge in [-0.1, -0.05) is 12.1 Å². The van der Waals surface area contributed by atoms with E-state index >= 15 is 0 Å². The van der Waals surface area contributed by atoms with Crippen molar-refractivity contribution in [2.75, 3.05) is 37.6 Å². The van der Waals surface area contributed by atoms with Crippen LogP contribution >= 0.6 is 0 Å². The summed E-state index contributed by atoms with van der Waals surface area (Å²) in [6.07, 6.45) is 3.67. The van der Waals surface area contributed by atoms with Gasteiger partial charge < -0.3 is 19.9 Å². The first-order chi connectivity index (χ1) is 16.9. The molecule has 0 aliphatic carbocycles. The Labute approximate surface area is 203 Å². The van der Waals surface area contributed by atoms with E-state index in [-0.39, 0.29) is 23.8 Å². The summed E-state index contributed by atoms with van der Waals surface area (Å²) < 4.78 is 8.01. The van der Waals surface area contributed by atoms with Crippen molar-refractivity contribution in [2.24, 2.45) is 5.92 Å². The molecule has 2 saturated heterocycles. The van der Waals surface area contributed by atoms with Crippen LogP contribution in [0.4, 0.5) is 5.69 Å². The van der Waals surface area contributed by atoms with Crippen molar-refractivity contribution in [3.8, 4) is 22.9 Å². The molecule has 9 heteroatoms. The van der Waals surface area contributed by atoms with Crippen molar-refractivity contribution in [3.05, 3.63) is 48.3 Å². The number of fused-ring (bicyclic) bond motifs is 1. The van der Waals surface area contributed by atoms with Crippen LogP contribution in [0.3, 0.4) is 0 Å². The van der Waals surface area contributed by atoms with Gasteiger partial charge in [0.15, 0.2) is 0 Å². The number of pyridine rings is 1. The average molecular weight is 473 g/mol. The normalized spacial score (nSPS) is 18.9. The predicted molar refractivity (Wildman–Crippen MR) is 131 cm³/mol. The van der Waals surface area contributed by atoms with Crippen molar-refractivity contribution in [1.29, 1.82) is 5.26 Å². The number of piperazine rings is 1. The summed E-state index contributed by atoms with van der Waals surface area (Å²) in [4.78, 5) is 27.4. The average Bonchev–Trinajstić information content (AvgIpc) is 3.50. The number of rotatable bonds is 5. The maximum Gasteiger partial charge on any atom is 0.220 e. The molecule has 0 spiro atoms. The van der Waals surface area contributed by atoms with Crippen LogP contribution < -0.4 is 15.0 Å². The minimum absolute atomic E-state index is 0.0363. The van der Waals surface area contributed by atoms with Gasteiger partial charge in [-0.2, -0.15) is 10.4 Å². The second kappa shape index (κ2) is 9.29. The molecular weight excluding hydrogens is 444 g/mol. The lowest BCUT2D eigenvalue weighted by molar-refractivity contribution is -0.129. The number of ether oxygens (including phenoxy) is 1. The Morgan fingerprint density at radius 3 is 2.57 bits per heavy atom. The van der Waals surface area contributed by atoms with Crippen LogP contribution in [-0.2, 0) is 9.59 Å². The van der Waals surface area contributed by atoms with Crippen molar-refractivity contribution >= 4 is 23.0 Å². The molecule has 0 bridgehead atoms. The fourth-order valence-electron chi connectivity index (χ4n) is 4.81. The summed E-state index contributed by atoms with van der Waals surface area (Å²) in [5.41, 5.74) is 4.11. The summed E-state index contributed by atoms with van der Waals surface area (Å²) in [6.45, 7) is 7.24. The quantitative estimate of drug-likeness (QED) is 0.612. The number of nitriles is 1. The fraction of sp³-hybridized carbons (Fsp3) is 0.385. The molecule has 2 amide bonds. The Balaban J connectivity index is 1.41. The first kappa shape index (κ1) is 22.7. The van der Waals surface area contributed by atoms with Gasteiger partial charge >= 0.3 is 0 Å². The molecular formula is C26H28N6O3. The van der Waals surface area contributed by atoms with E-state index in [1.54, 1.807) is 17.6 Å². The third kappa shape index (κ3) is 4.52. The van der Waals surface area contributed by atoms with Crippen LogP contribution in [-0.4, -0.2) is 65.2 Å². The molecule has 9 nitrogen and oxygen atoms in total. The van der Waals surface area contributed by atoms with E-state index in [0.29, 0.717) is 29.8 Å². The van der Waals surface area contributed by atoms with Gasteiger partial charge in [-0.05, 0) is 30.7 Å². The van der Waals surface area contributed by atoms with Gasteiger partial charge in [0.25, 0.3) is 0 Å². The van der Waals surface area contributed by atoms with E-state index in [4.69, 9.17) is 4.74 Å². The Morgan fingerprint density at radius 2 is 1.94 bits per heavy atom. The fourth-order valence-corrected chi connectivity index (χ4v) is 4.81. The highest BCUT2D eigenvalue weighted by molar-refractivity contribution is 5.79. The van der Waals surface area contributed by atoms with E-state index in [1.165, 1.54) is 0 Å². The number of nitrogens with one attached hydrogen (secondary N) is 1. The standard InChI is InChI=1S/C26H28N6O3/c1-17(20-12-25(34)28-14-20)35-24-11-21(16-32-26(24)22(13-27)15-29-32)19-3-5-23(6-4-19)31-9-7-30(8-10-31)18(2)33/h3-6,11,15-17,20H,7-10,12,14H2,1-2H3,(H,28,34)/t17-,20-/m1/s1. The highest BCUT2D eigenvalue weighted by Gasteiger charge is 2.29. The number of amides is 2. The van der Waals surface area contributed by atoms with Crippen molar-refractivity contribution in [1.82, 2.24) is 19.8 Å². The summed E-state index contributed by atoms with van der Waals surface area (Å²) >= 11 is 0. The summed E-state index contributed by atoms with van der Waals surface area (Å²) in [6, 6.07) is 12.4. The molecule has 5 rings (SSSR count). The maximum absolute atomic E-state index is 11.7. The zero-order valence-electron chi connectivity index (χ0n) is 19.9. The van der Waals surface area contributed by atoms with Crippen LogP contribution in [0.25, 0.3) is 16.6 Å². The molecule has 35 heavy (non-hydrogen) atoms. The number of anilines is 1. The van der Waals surface area contributed by atoms with Crippen molar-refractivity contribution in [2.45, 2.75) is 26.4 Å². The molecule has 180 valence electrons. The van der Waals surface area contributed by atoms with Crippen LogP contribution in [0.1, 0.15) is 25.8 Å². The number of aromatic nitrogens is 2. The van der Waals surface area contributed by atoms with Gasteiger partial charge in [0.1, 0.15) is 29.0 Å². The van der Waals surface area contributed by atoms with E-state index in [2.05, 4.69) is 45.7 Å². The zero-order chi connectivity index (χ0) is 24.5. The number of hydrogen-bond donors (Lipinski definition) is 1. The number of nitrogens with zero attached hydrogens (tertiary/aromatic N) is 5. The van der Waals surface area contributed by atoms with Crippen LogP contribution in [0, 0.1) is 17.2 Å². The lowest BCUT2D eigenvalue weighted by atomic mass is 10.0. The molecule has 0 radical (unpaired) electrons. The molecule has 2 fully saturated rings.